The Morgan fingerprint density at radius 1 is 1.18 bits per heavy atom. The zero-order chi connectivity index (χ0) is 16.9. The number of primary amides is 1. The van der Waals surface area contributed by atoms with Crippen molar-refractivity contribution in [3.8, 4) is 0 Å². The number of nitrogens with two attached hydrogens (primary N) is 1. The lowest BCUT2D eigenvalue weighted by molar-refractivity contribution is -0.137. The summed E-state index contributed by atoms with van der Waals surface area (Å²) in [7, 11) is 0. The number of carbonyl (C=O) groups excluding carboxylic acids is 2. The average Bonchev–Trinajstić information content (AvgIpc) is 2.36. The molecule has 0 heterocycles. The van der Waals surface area contributed by atoms with Crippen LogP contribution in [-0.4, -0.2) is 18.0 Å². The number of carbonyl (C=O) groups is 2. The van der Waals surface area contributed by atoms with Gasteiger partial charge in [-0.2, -0.15) is 13.2 Å². The molecule has 0 spiro atoms. The molecular weight excluding hydrogens is 299 g/mol. The maximum absolute atomic E-state index is 12.4. The van der Waals surface area contributed by atoms with Gasteiger partial charge >= 0.3 is 12.2 Å². The lowest BCUT2D eigenvalue weighted by atomic mass is 10.0. The summed E-state index contributed by atoms with van der Waals surface area (Å²) >= 11 is 0. The van der Waals surface area contributed by atoms with Gasteiger partial charge in [0.1, 0.15) is 6.04 Å². The Hall–Kier alpha value is -2.25. The van der Waals surface area contributed by atoms with Gasteiger partial charge < -0.3 is 16.4 Å². The Morgan fingerprint density at radius 3 is 2.14 bits per heavy atom. The first kappa shape index (κ1) is 17.8. The SMILES string of the molecule is CC(C)C[C@H](NC(N)=O)C(=O)Nc1ccc(C(F)(F)F)cc1. The van der Waals surface area contributed by atoms with E-state index in [0.717, 1.165) is 24.3 Å². The number of alkyl halides is 3. The highest BCUT2D eigenvalue weighted by atomic mass is 19.4. The van der Waals surface area contributed by atoms with Gasteiger partial charge in [0.05, 0.1) is 5.56 Å². The normalized spacial score (nSPS) is 12.8. The van der Waals surface area contributed by atoms with Gasteiger partial charge in [-0.1, -0.05) is 13.8 Å². The number of hydrogen-bond acceptors (Lipinski definition) is 2. The van der Waals surface area contributed by atoms with E-state index < -0.39 is 29.7 Å². The summed E-state index contributed by atoms with van der Waals surface area (Å²) in [4.78, 5) is 23.0. The van der Waals surface area contributed by atoms with Gasteiger partial charge in [-0.3, -0.25) is 4.79 Å². The lowest BCUT2D eigenvalue weighted by Gasteiger charge is -2.19. The molecule has 0 aliphatic rings. The van der Waals surface area contributed by atoms with Crippen LogP contribution in [0.5, 0.6) is 0 Å². The molecule has 4 N–H and O–H groups in total. The predicted octanol–water partition coefficient (Wildman–Crippen LogP) is 2.73. The first-order valence-corrected chi connectivity index (χ1v) is 6.63. The third-order valence-corrected chi connectivity index (χ3v) is 2.82. The summed E-state index contributed by atoms with van der Waals surface area (Å²) in [5.41, 5.74) is 4.41. The van der Waals surface area contributed by atoms with Crippen molar-refractivity contribution in [3.63, 3.8) is 0 Å². The standard InChI is InChI=1S/C14H18F3N3O2/c1-8(2)7-11(20-13(18)22)12(21)19-10-5-3-9(4-6-10)14(15,16)17/h3-6,8,11H,7H2,1-2H3,(H,19,21)(H3,18,20,22)/t11-/m0/s1. The van der Waals surface area contributed by atoms with Crippen LogP contribution in [0.1, 0.15) is 25.8 Å². The molecule has 0 radical (unpaired) electrons. The quantitative estimate of drug-likeness (QED) is 0.780. The van der Waals surface area contributed by atoms with Crippen LogP contribution in [0.3, 0.4) is 0 Å². The molecule has 0 saturated carbocycles. The van der Waals surface area contributed by atoms with Gasteiger partial charge in [0.15, 0.2) is 0 Å². The smallest absolute Gasteiger partial charge is 0.352 e. The molecule has 0 fully saturated rings. The monoisotopic (exact) mass is 317 g/mol. The van der Waals surface area contributed by atoms with E-state index in [2.05, 4.69) is 10.6 Å². The summed E-state index contributed by atoms with van der Waals surface area (Å²) in [6, 6.07) is 2.35. The molecule has 3 amide bonds. The number of urea groups is 1. The van der Waals surface area contributed by atoms with Crippen LogP contribution in [0.4, 0.5) is 23.7 Å². The first-order chi connectivity index (χ1) is 10.1. The molecule has 8 heteroatoms. The first-order valence-electron chi connectivity index (χ1n) is 6.63. The number of anilines is 1. The zero-order valence-corrected chi connectivity index (χ0v) is 12.2. The number of halogens is 3. The molecule has 1 atom stereocenters. The van der Waals surface area contributed by atoms with Crippen LogP contribution in [-0.2, 0) is 11.0 Å². The molecule has 5 nitrogen and oxygen atoms in total. The van der Waals surface area contributed by atoms with Gasteiger partial charge in [0.2, 0.25) is 5.91 Å². The van der Waals surface area contributed by atoms with Crippen LogP contribution < -0.4 is 16.4 Å². The van der Waals surface area contributed by atoms with E-state index in [0.29, 0.717) is 6.42 Å². The van der Waals surface area contributed by atoms with Crippen LogP contribution in [0, 0.1) is 5.92 Å². The average molecular weight is 317 g/mol. The fourth-order valence-corrected chi connectivity index (χ4v) is 1.85. The van der Waals surface area contributed by atoms with Crippen molar-refractivity contribution < 1.29 is 22.8 Å². The van der Waals surface area contributed by atoms with E-state index in [-0.39, 0.29) is 11.6 Å². The van der Waals surface area contributed by atoms with E-state index in [1.807, 2.05) is 13.8 Å². The molecule has 0 saturated heterocycles. The number of benzene rings is 1. The fraction of sp³-hybridized carbons (Fsp3) is 0.429. The van der Waals surface area contributed by atoms with E-state index in [1.54, 1.807) is 0 Å². The molecule has 0 bridgehead atoms. The highest BCUT2D eigenvalue weighted by Crippen LogP contribution is 2.29. The van der Waals surface area contributed by atoms with Crippen molar-refractivity contribution in [2.45, 2.75) is 32.5 Å². The molecule has 0 aromatic heterocycles. The van der Waals surface area contributed by atoms with E-state index in [1.165, 1.54) is 0 Å². The number of nitrogens with one attached hydrogen (secondary N) is 2. The van der Waals surface area contributed by atoms with Crippen molar-refractivity contribution in [2.24, 2.45) is 11.7 Å². The third-order valence-electron chi connectivity index (χ3n) is 2.82. The minimum atomic E-state index is -4.43. The second kappa shape index (κ2) is 7.15. The number of hydrogen-bond donors (Lipinski definition) is 3. The Labute approximate surface area is 126 Å². The molecule has 0 aliphatic heterocycles. The molecule has 1 aromatic rings. The summed E-state index contributed by atoms with van der Waals surface area (Å²) < 4.78 is 37.3. The van der Waals surface area contributed by atoms with Crippen LogP contribution >= 0.6 is 0 Å². The van der Waals surface area contributed by atoms with Crippen LogP contribution in [0.25, 0.3) is 0 Å². The van der Waals surface area contributed by atoms with Crippen LogP contribution in [0.2, 0.25) is 0 Å². The summed E-state index contributed by atoms with van der Waals surface area (Å²) in [6.45, 7) is 3.72. The molecule has 122 valence electrons. The van der Waals surface area contributed by atoms with Crippen molar-refractivity contribution in [3.05, 3.63) is 29.8 Å². The second-order valence-electron chi connectivity index (χ2n) is 5.26. The molecule has 1 aromatic carbocycles. The zero-order valence-electron chi connectivity index (χ0n) is 12.2. The van der Waals surface area contributed by atoms with Gasteiger partial charge in [0, 0.05) is 5.69 Å². The largest absolute Gasteiger partial charge is 0.416 e. The van der Waals surface area contributed by atoms with Gasteiger partial charge in [0.25, 0.3) is 0 Å². The lowest BCUT2D eigenvalue weighted by Crippen LogP contribution is -2.46. The fourth-order valence-electron chi connectivity index (χ4n) is 1.85. The van der Waals surface area contributed by atoms with Crippen molar-refractivity contribution in [1.29, 1.82) is 0 Å². The van der Waals surface area contributed by atoms with Crippen molar-refractivity contribution >= 4 is 17.6 Å². The maximum atomic E-state index is 12.4. The highest BCUT2D eigenvalue weighted by Gasteiger charge is 2.30. The van der Waals surface area contributed by atoms with E-state index in [9.17, 15) is 22.8 Å². The third kappa shape index (κ3) is 5.63. The maximum Gasteiger partial charge on any atom is 0.416 e. The van der Waals surface area contributed by atoms with Gasteiger partial charge in [-0.05, 0) is 36.6 Å². The summed E-state index contributed by atoms with van der Waals surface area (Å²) in [6.07, 6.45) is -4.08. The second-order valence-corrected chi connectivity index (χ2v) is 5.26. The van der Waals surface area contributed by atoms with Gasteiger partial charge in [-0.25, -0.2) is 4.79 Å². The minimum Gasteiger partial charge on any atom is -0.352 e. The Kier molecular flexibility index (Phi) is 5.78. The van der Waals surface area contributed by atoms with Crippen molar-refractivity contribution in [1.82, 2.24) is 5.32 Å². The van der Waals surface area contributed by atoms with Crippen molar-refractivity contribution in [2.75, 3.05) is 5.32 Å². The summed E-state index contributed by atoms with van der Waals surface area (Å²) in [5, 5.41) is 4.77. The van der Waals surface area contributed by atoms with E-state index >= 15 is 0 Å². The van der Waals surface area contributed by atoms with Crippen LogP contribution in [0.15, 0.2) is 24.3 Å². The Bertz CT molecular complexity index is 527. The molecule has 0 unspecified atom stereocenters. The van der Waals surface area contributed by atoms with Gasteiger partial charge in [-0.15, -0.1) is 0 Å². The van der Waals surface area contributed by atoms with E-state index in [4.69, 9.17) is 5.73 Å². The number of rotatable bonds is 5. The number of amides is 3. The topological polar surface area (TPSA) is 84.2 Å². The predicted molar refractivity (Wildman–Crippen MR) is 76.0 cm³/mol. The Morgan fingerprint density at radius 2 is 1.73 bits per heavy atom. The summed E-state index contributed by atoms with van der Waals surface area (Å²) in [5.74, 6) is -0.414. The Balaban J connectivity index is 2.78. The molecule has 22 heavy (non-hydrogen) atoms. The minimum absolute atomic E-state index is 0.121. The molecule has 1 rings (SSSR count). The highest BCUT2D eigenvalue weighted by molar-refractivity contribution is 5.96. The molecule has 0 aliphatic carbocycles. The molecular formula is C14H18F3N3O2.